The number of hydrogen-bond donors (Lipinski definition) is 2. The highest BCUT2D eigenvalue weighted by Crippen LogP contribution is 2.34. The Morgan fingerprint density at radius 2 is 2.05 bits per heavy atom. The summed E-state index contributed by atoms with van der Waals surface area (Å²) in [6.45, 7) is 0. The first-order chi connectivity index (χ1) is 9.21. The van der Waals surface area contributed by atoms with Gasteiger partial charge in [0.15, 0.2) is 0 Å². The standard InChI is InChI=1S/C11H7ClF4N2O2/c12-5-3-6-4(2-8(19)17-6)1-7(5)18-10(20)11(15,16)9(13)14/h1,3,9H,2H2,(H,17,19)(H,18,20). The Morgan fingerprint density at radius 1 is 1.40 bits per heavy atom. The Balaban J connectivity index is 2.25. The second-order valence-corrected chi connectivity index (χ2v) is 4.50. The Kier molecular flexibility index (Phi) is 3.59. The lowest BCUT2D eigenvalue weighted by molar-refractivity contribution is -0.163. The number of fused-ring (bicyclic) bond motifs is 1. The molecule has 1 aromatic rings. The van der Waals surface area contributed by atoms with Crippen LogP contribution in [0.3, 0.4) is 0 Å². The molecule has 0 fully saturated rings. The summed E-state index contributed by atoms with van der Waals surface area (Å²) in [4.78, 5) is 22.2. The molecule has 0 aromatic heterocycles. The molecule has 1 heterocycles. The maximum absolute atomic E-state index is 12.8. The van der Waals surface area contributed by atoms with E-state index in [1.54, 1.807) is 5.32 Å². The van der Waals surface area contributed by atoms with Gasteiger partial charge >= 0.3 is 18.3 Å². The van der Waals surface area contributed by atoms with E-state index in [4.69, 9.17) is 11.6 Å². The summed E-state index contributed by atoms with van der Waals surface area (Å²) in [5, 5.41) is 3.95. The highest BCUT2D eigenvalue weighted by Gasteiger charge is 2.49. The number of carbonyl (C=O) groups excluding carboxylic acids is 2. The SMILES string of the molecule is O=C1Cc2cc(NC(=O)C(F)(F)C(F)F)c(Cl)cc2N1. The van der Waals surface area contributed by atoms with Crippen LogP contribution in [0.4, 0.5) is 28.9 Å². The van der Waals surface area contributed by atoms with Crippen LogP contribution >= 0.6 is 11.6 Å². The summed E-state index contributed by atoms with van der Waals surface area (Å²) in [6.07, 6.45) is -4.14. The maximum atomic E-state index is 12.8. The lowest BCUT2D eigenvalue weighted by Gasteiger charge is -2.16. The second-order valence-electron chi connectivity index (χ2n) is 4.09. The Labute approximate surface area is 115 Å². The van der Waals surface area contributed by atoms with E-state index in [1.807, 2.05) is 0 Å². The van der Waals surface area contributed by atoms with Gasteiger partial charge in [-0.15, -0.1) is 0 Å². The molecular formula is C11H7ClF4N2O2. The fraction of sp³-hybridized carbons (Fsp3) is 0.273. The Hall–Kier alpha value is -1.83. The topological polar surface area (TPSA) is 58.2 Å². The summed E-state index contributed by atoms with van der Waals surface area (Å²) < 4.78 is 49.7. The van der Waals surface area contributed by atoms with Crippen LogP contribution in [0.5, 0.6) is 0 Å². The van der Waals surface area contributed by atoms with Gasteiger partial charge in [-0.2, -0.15) is 8.78 Å². The van der Waals surface area contributed by atoms with Crippen molar-refractivity contribution in [2.24, 2.45) is 0 Å². The number of amides is 2. The van der Waals surface area contributed by atoms with Crippen molar-refractivity contribution < 1.29 is 27.2 Å². The van der Waals surface area contributed by atoms with Crippen molar-refractivity contribution in [3.8, 4) is 0 Å². The third-order valence-electron chi connectivity index (χ3n) is 2.64. The maximum Gasteiger partial charge on any atom is 0.383 e. The average Bonchev–Trinajstić information content (AvgIpc) is 2.68. The number of halogens is 5. The third-order valence-corrected chi connectivity index (χ3v) is 2.96. The van der Waals surface area contributed by atoms with Crippen molar-refractivity contribution in [3.05, 3.63) is 22.7 Å². The molecule has 2 rings (SSSR count). The number of benzene rings is 1. The fourth-order valence-corrected chi connectivity index (χ4v) is 1.86. The summed E-state index contributed by atoms with van der Waals surface area (Å²) in [5.41, 5.74) is 0.556. The number of nitrogens with one attached hydrogen (secondary N) is 2. The zero-order valence-electron chi connectivity index (χ0n) is 9.65. The van der Waals surface area contributed by atoms with Crippen LogP contribution in [0.2, 0.25) is 5.02 Å². The molecule has 9 heteroatoms. The molecule has 0 atom stereocenters. The Bertz CT molecular complexity index is 592. The fourth-order valence-electron chi connectivity index (χ4n) is 1.65. The number of anilines is 2. The quantitative estimate of drug-likeness (QED) is 0.843. The van der Waals surface area contributed by atoms with E-state index in [2.05, 4.69) is 5.32 Å². The van der Waals surface area contributed by atoms with Gasteiger partial charge in [-0.05, 0) is 17.7 Å². The predicted molar refractivity (Wildman–Crippen MR) is 63.4 cm³/mol. The van der Waals surface area contributed by atoms with E-state index in [9.17, 15) is 27.2 Å². The van der Waals surface area contributed by atoms with Gasteiger partial charge in [0.2, 0.25) is 5.91 Å². The molecule has 0 bridgehead atoms. The van der Waals surface area contributed by atoms with Gasteiger partial charge in [-0.1, -0.05) is 11.6 Å². The van der Waals surface area contributed by atoms with Gasteiger partial charge in [-0.3, -0.25) is 9.59 Å². The van der Waals surface area contributed by atoms with E-state index in [0.29, 0.717) is 11.3 Å². The molecule has 1 aromatic carbocycles. The van der Waals surface area contributed by atoms with Crippen molar-refractivity contribution >= 4 is 34.8 Å². The van der Waals surface area contributed by atoms with E-state index in [-0.39, 0.29) is 23.0 Å². The lowest BCUT2D eigenvalue weighted by atomic mass is 10.1. The lowest BCUT2D eigenvalue weighted by Crippen LogP contribution is -2.41. The van der Waals surface area contributed by atoms with Crippen LogP contribution in [0.1, 0.15) is 5.56 Å². The van der Waals surface area contributed by atoms with E-state index in [1.165, 1.54) is 12.1 Å². The minimum absolute atomic E-state index is 0.0133. The first-order valence-electron chi connectivity index (χ1n) is 5.31. The van der Waals surface area contributed by atoms with E-state index >= 15 is 0 Å². The van der Waals surface area contributed by atoms with Crippen molar-refractivity contribution in [3.63, 3.8) is 0 Å². The summed E-state index contributed by atoms with van der Waals surface area (Å²) in [6, 6.07) is 2.44. The summed E-state index contributed by atoms with van der Waals surface area (Å²) in [7, 11) is 0. The molecule has 0 unspecified atom stereocenters. The molecule has 0 aliphatic carbocycles. The number of hydrogen-bond acceptors (Lipinski definition) is 2. The van der Waals surface area contributed by atoms with Gasteiger partial charge < -0.3 is 10.6 Å². The Morgan fingerprint density at radius 3 is 2.65 bits per heavy atom. The van der Waals surface area contributed by atoms with Crippen LogP contribution < -0.4 is 10.6 Å². The summed E-state index contributed by atoms with van der Waals surface area (Å²) >= 11 is 5.73. The molecule has 1 aliphatic rings. The monoisotopic (exact) mass is 310 g/mol. The van der Waals surface area contributed by atoms with Gasteiger partial charge in [0.05, 0.1) is 17.1 Å². The largest absolute Gasteiger partial charge is 0.383 e. The first kappa shape index (κ1) is 14.6. The van der Waals surface area contributed by atoms with Gasteiger partial charge in [0.25, 0.3) is 0 Å². The minimum atomic E-state index is -4.82. The smallest absolute Gasteiger partial charge is 0.325 e. The molecular weight excluding hydrogens is 304 g/mol. The van der Waals surface area contributed by atoms with Crippen molar-refractivity contribution in [1.82, 2.24) is 0 Å². The zero-order chi connectivity index (χ0) is 15.1. The summed E-state index contributed by atoms with van der Waals surface area (Å²) in [5.74, 6) is -7.31. The molecule has 0 radical (unpaired) electrons. The van der Waals surface area contributed by atoms with Crippen molar-refractivity contribution in [1.29, 1.82) is 0 Å². The zero-order valence-corrected chi connectivity index (χ0v) is 10.4. The molecule has 1 aliphatic heterocycles. The van der Waals surface area contributed by atoms with Crippen LogP contribution in [0, 0.1) is 0 Å². The predicted octanol–water partition coefficient (Wildman–Crippen LogP) is 2.67. The van der Waals surface area contributed by atoms with Crippen LogP contribution in [0.25, 0.3) is 0 Å². The van der Waals surface area contributed by atoms with E-state index < -0.39 is 18.3 Å². The van der Waals surface area contributed by atoms with Crippen LogP contribution in [0.15, 0.2) is 12.1 Å². The number of alkyl halides is 4. The van der Waals surface area contributed by atoms with Crippen LogP contribution in [-0.4, -0.2) is 24.2 Å². The molecule has 108 valence electrons. The van der Waals surface area contributed by atoms with Gasteiger partial charge in [-0.25, -0.2) is 8.78 Å². The molecule has 20 heavy (non-hydrogen) atoms. The molecule has 4 nitrogen and oxygen atoms in total. The van der Waals surface area contributed by atoms with E-state index in [0.717, 1.165) is 0 Å². The molecule has 0 saturated carbocycles. The van der Waals surface area contributed by atoms with Gasteiger partial charge in [0, 0.05) is 5.69 Å². The average molecular weight is 311 g/mol. The molecule has 2 amide bonds. The van der Waals surface area contributed by atoms with Crippen molar-refractivity contribution in [2.45, 2.75) is 18.8 Å². The highest BCUT2D eigenvalue weighted by atomic mass is 35.5. The molecule has 0 saturated heterocycles. The van der Waals surface area contributed by atoms with Gasteiger partial charge in [0.1, 0.15) is 0 Å². The first-order valence-corrected chi connectivity index (χ1v) is 5.69. The highest BCUT2D eigenvalue weighted by molar-refractivity contribution is 6.34. The normalized spacial score (nSPS) is 14.2. The second kappa shape index (κ2) is 4.93. The third kappa shape index (κ3) is 2.55. The number of rotatable bonds is 3. The van der Waals surface area contributed by atoms with Crippen molar-refractivity contribution in [2.75, 3.05) is 10.6 Å². The number of carbonyl (C=O) groups is 2. The molecule has 0 spiro atoms. The van der Waals surface area contributed by atoms with Crippen LogP contribution in [-0.2, 0) is 16.0 Å². The minimum Gasteiger partial charge on any atom is -0.325 e. The molecule has 2 N–H and O–H groups in total.